The van der Waals surface area contributed by atoms with Crippen LogP contribution in [0.3, 0.4) is 0 Å². The van der Waals surface area contributed by atoms with Gasteiger partial charge in [0.25, 0.3) is 5.91 Å². The van der Waals surface area contributed by atoms with Crippen LogP contribution in [0.25, 0.3) is 11.4 Å². The fourth-order valence-corrected chi connectivity index (χ4v) is 2.28. The number of rotatable bonds is 4. The van der Waals surface area contributed by atoms with Crippen LogP contribution in [-0.2, 0) is 0 Å². The van der Waals surface area contributed by atoms with Crippen LogP contribution < -0.4 is 5.32 Å². The average molecular weight is 307 g/mol. The predicted molar refractivity (Wildman–Crippen MR) is 86.8 cm³/mol. The number of amides is 1. The number of aromatic nitrogens is 2. The van der Waals surface area contributed by atoms with Gasteiger partial charge in [-0.2, -0.15) is 4.98 Å². The topological polar surface area (TPSA) is 68.0 Å². The van der Waals surface area contributed by atoms with E-state index in [4.69, 9.17) is 4.52 Å². The Morgan fingerprint density at radius 1 is 1.09 bits per heavy atom. The Bertz CT molecular complexity index is 812. The molecule has 0 aliphatic rings. The molecule has 5 nitrogen and oxygen atoms in total. The van der Waals surface area contributed by atoms with Crippen molar-refractivity contribution in [1.82, 2.24) is 15.5 Å². The summed E-state index contributed by atoms with van der Waals surface area (Å²) < 4.78 is 5.30. The van der Waals surface area contributed by atoms with Crippen LogP contribution in [0.1, 0.15) is 34.8 Å². The lowest BCUT2D eigenvalue weighted by Crippen LogP contribution is -2.26. The van der Waals surface area contributed by atoms with Crippen molar-refractivity contribution in [2.75, 3.05) is 0 Å². The summed E-state index contributed by atoms with van der Waals surface area (Å²) in [7, 11) is 0. The highest BCUT2D eigenvalue weighted by Gasteiger charge is 2.18. The molecule has 1 heterocycles. The quantitative estimate of drug-likeness (QED) is 0.800. The molecule has 23 heavy (non-hydrogen) atoms. The molecule has 1 atom stereocenters. The second kappa shape index (κ2) is 6.44. The zero-order chi connectivity index (χ0) is 16.2. The van der Waals surface area contributed by atoms with Gasteiger partial charge in [-0.15, -0.1) is 0 Å². The second-order valence-corrected chi connectivity index (χ2v) is 5.33. The van der Waals surface area contributed by atoms with Crippen LogP contribution in [0.4, 0.5) is 0 Å². The lowest BCUT2D eigenvalue weighted by molar-refractivity contribution is 0.0932. The van der Waals surface area contributed by atoms with Crippen molar-refractivity contribution in [1.29, 1.82) is 0 Å². The highest BCUT2D eigenvalue weighted by Crippen LogP contribution is 2.21. The molecule has 0 spiro atoms. The van der Waals surface area contributed by atoms with Crippen molar-refractivity contribution in [3.05, 3.63) is 71.6 Å². The molecule has 0 saturated carbocycles. The molecule has 116 valence electrons. The minimum absolute atomic E-state index is 0.172. The summed E-state index contributed by atoms with van der Waals surface area (Å²) >= 11 is 0. The Morgan fingerprint density at radius 3 is 2.52 bits per heavy atom. The van der Waals surface area contributed by atoms with Crippen molar-refractivity contribution >= 4 is 5.91 Å². The van der Waals surface area contributed by atoms with Gasteiger partial charge in [-0.1, -0.05) is 47.6 Å². The van der Waals surface area contributed by atoms with E-state index in [1.54, 1.807) is 12.1 Å². The van der Waals surface area contributed by atoms with Gasteiger partial charge in [-0.05, 0) is 31.5 Å². The molecule has 1 aromatic heterocycles. The molecule has 0 fully saturated rings. The van der Waals surface area contributed by atoms with E-state index in [0.717, 1.165) is 11.1 Å². The molecule has 1 amide bonds. The van der Waals surface area contributed by atoms with E-state index >= 15 is 0 Å². The predicted octanol–water partition coefficient (Wildman–Crippen LogP) is 3.54. The van der Waals surface area contributed by atoms with Gasteiger partial charge in [0.1, 0.15) is 6.04 Å². The molecule has 5 heteroatoms. The van der Waals surface area contributed by atoms with Crippen LogP contribution in [0.2, 0.25) is 0 Å². The maximum absolute atomic E-state index is 12.2. The van der Waals surface area contributed by atoms with Crippen molar-refractivity contribution in [3.8, 4) is 11.4 Å². The molecule has 0 bridgehead atoms. The first-order valence-corrected chi connectivity index (χ1v) is 7.40. The average Bonchev–Trinajstić information content (AvgIpc) is 3.06. The Hall–Kier alpha value is -2.95. The van der Waals surface area contributed by atoms with Crippen LogP contribution in [-0.4, -0.2) is 16.0 Å². The number of carbonyl (C=O) groups is 1. The molecule has 0 aliphatic carbocycles. The maximum atomic E-state index is 12.2. The van der Waals surface area contributed by atoms with E-state index < -0.39 is 0 Å². The summed E-state index contributed by atoms with van der Waals surface area (Å²) in [5.41, 5.74) is 2.59. The molecular weight excluding hydrogens is 290 g/mol. The number of hydrogen-bond acceptors (Lipinski definition) is 4. The van der Waals surface area contributed by atoms with Crippen LogP contribution in [0.15, 0.2) is 59.1 Å². The van der Waals surface area contributed by atoms with Gasteiger partial charge in [0, 0.05) is 11.1 Å². The molecule has 1 unspecified atom stereocenters. The normalized spacial score (nSPS) is 11.9. The SMILES string of the molecule is Cc1ccccc1-c1noc(C(C)NC(=O)c2ccccc2)n1. The van der Waals surface area contributed by atoms with Gasteiger partial charge in [0.05, 0.1) is 0 Å². The Morgan fingerprint density at radius 2 is 1.78 bits per heavy atom. The molecular formula is C18H17N3O2. The van der Waals surface area contributed by atoms with Gasteiger partial charge < -0.3 is 9.84 Å². The first kappa shape index (κ1) is 15.0. The van der Waals surface area contributed by atoms with E-state index in [0.29, 0.717) is 17.3 Å². The standard InChI is InChI=1S/C18H17N3O2/c1-12-8-6-7-11-15(12)16-20-18(23-21-16)13(2)19-17(22)14-9-4-3-5-10-14/h3-11,13H,1-2H3,(H,19,22). The van der Waals surface area contributed by atoms with Crippen LogP contribution >= 0.6 is 0 Å². The Kier molecular flexibility index (Phi) is 4.19. The maximum Gasteiger partial charge on any atom is 0.251 e. The van der Waals surface area contributed by atoms with E-state index in [1.807, 2.05) is 56.3 Å². The highest BCUT2D eigenvalue weighted by molar-refractivity contribution is 5.94. The minimum Gasteiger partial charge on any atom is -0.341 e. The van der Waals surface area contributed by atoms with Crippen LogP contribution in [0.5, 0.6) is 0 Å². The monoisotopic (exact) mass is 307 g/mol. The molecule has 0 radical (unpaired) electrons. The minimum atomic E-state index is -0.368. The third kappa shape index (κ3) is 3.29. The van der Waals surface area contributed by atoms with Crippen LogP contribution in [0, 0.1) is 6.92 Å². The number of carbonyl (C=O) groups excluding carboxylic acids is 1. The fraction of sp³-hybridized carbons (Fsp3) is 0.167. The number of hydrogen-bond donors (Lipinski definition) is 1. The Balaban J connectivity index is 1.75. The van der Waals surface area contributed by atoms with Crippen molar-refractivity contribution in [2.45, 2.75) is 19.9 Å². The van der Waals surface area contributed by atoms with E-state index in [2.05, 4.69) is 15.5 Å². The van der Waals surface area contributed by atoms with Gasteiger partial charge in [-0.25, -0.2) is 0 Å². The lowest BCUT2D eigenvalue weighted by atomic mass is 10.1. The number of nitrogens with zero attached hydrogens (tertiary/aromatic N) is 2. The summed E-state index contributed by atoms with van der Waals surface area (Å²) in [6.07, 6.45) is 0. The summed E-state index contributed by atoms with van der Waals surface area (Å²) in [6, 6.07) is 16.5. The van der Waals surface area contributed by atoms with Gasteiger partial charge >= 0.3 is 0 Å². The smallest absolute Gasteiger partial charge is 0.251 e. The number of benzene rings is 2. The molecule has 3 rings (SSSR count). The molecule has 1 N–H and O–H groups in total. The summed E-state index contributed by atoms with van der Waals surface area (Å²) in [4.78, 5) is 16.6. The third-order valence-corrected chi connectivity index (χ3v) is 3.58. The van der Waals surface area contributed by atoms with Crippen molar-refractivity contribution < 1.29 is 9.32 Å². The van der Waals surface area contributed by atoms with Gasteiger partial charge in [0.15, 0.2) is 0 Å². The highest BCUT2D eigenvalue weighted by atomic mass is 16.5. The van der Waals surface area contributed by atoms with E-state index in [9.17, 15) is 4.79 Å². The zero-order valence-corrected chi connectivity index (χ0v) is 13.0. The first-order valence-electron chi connectivity index (χ1n) is 7.40. The molecule has 2 aromatic carbocycles. The third-order valence-electron chi connectivity index (χ3n) is 3.58. The number of aryl methyl sites for hydroxylation is 1. The summed E-state index contributed by atoms with van der Waals surface area (Å²) in [5, 5.41) is 6.87. The van der Waals surface area contributed by atoms with Crippen molar-refractivity contribution in [3.63, 3.8) is 0 Å². The van der Waals surface area contributed by atoms with Crippen molar-refractivity contribution in [2.24, 2.45) is 0 Å². The van der Waals surface area contributed by atoms with E-state index in [-0.39, 0.29) is 11.9 Å². The first-order chi connectivity index (χ1) is 11.1. The lowest BCUT2D eigenvalue weighted by Gasteiger charge is -2.09. The summed E-state index contributed by atoms with van der Waals surface area (Å²) in [5.74, 6) is 0.736. The van der Waals surface area contributed by atoms with Gasteiger partial charge in [0.2, 0.25) is 11.7 Å². The van der Waals surface area contributed by atoms with Gasteiger partial charge in [-0.3, -0.25) is 4.79 Å². The molecule has 0 aliphatic heterocycles. The fourth-order valence-electron chi connectivity index (χ4n) is 2.28. The second-order valence-electron chi connectivity index (χ2n) is 5.33. The summed E-state index contributed by atoms with van der Waals surface area (Å²) in [6.45, 7) is 3.81. The zero-order valence-electron chi connectivity index (χ0n) is 13.0. The molecule has 3 aromatic rings. The number of nitrogens with one attached hydrogen (secondary N) is 1. The molecule has 0 saturated heterocycles. The Labute approximate surface area is 134 Å². The largest absolute Gasteiger partial charge is 0.341 e. The van der Waals surface area contributed by atoms with E-state index in [1.165, 1.54) is 0 Å².